The second kappa shape index (κ2) is 5.34. The number of hydrogen-bond acceptors (Lipinski definition) is 4. The zero-order valence-corrected chi connectivity index (χ0v) is 13.9. The smallest absolute Gasteiger partial charge is 0.271 e. The van der Waals surface area contributed by atoms with E-state index in [-0.39, 0.29) is 11.9 Å². The van der Waals surface area contributed by atoms with Crippen LogP contribution in [0.3, 0.4) is 0 Å². The third kappa shape index (κ3) is 2.49. The number of halogens is 1. The minimum absolute atomic E-state index is 0.0256. The second-order valence-electron chi connectivity index (χ2n) is 5.89. The Balaban J connectivity index is 1.56. The van der Waals surface area contributed by atoms with E-state index in [9.17, 15) is 4.79 Å². The predicted octanol–water partition coefficient (Wildman–Crippen LogP) is 2.88. The Morgan fingerprint density at radius 3 is 2.90 bits per heavy atom. The van der Waals surface area contributed by atoms with Gasteiger partial charge in [-0.25, -0.2) is 0 Å². The molecule has 3 saturated heterocycles. The summed E-state index contributed by atoms with van der Waals surface area (Å²) in [6, 6.07) is 6.22. The van der Waals surface area contributed by atoms with Crippen LogP contribution in [0.1, 0.15) is 23.3 Å². The van der Waals surface area contributed by atoms with Gasteiger partial charge in [-0.2, -0.15) is 4.37 Å². The van der Waals surface area contributed by atoms with Gasteiger partial charge in [-0.05, 0) is 61.6 Å². The Hall–Kier alpha value is -0.980. The predicted molar refractivity (Wildman–Crippen MR) is 87.7 cm³/mol. The molecule has 2 aromatic rings. The van der Waals surface area contributed by atoms with Crippen molar-refractivity contribution < 1.29 is 4.79 Å². The first-order chi connectivity index (χ1) is 10.2. The highest BCUT2D eigenvalue weighted by molar-refractivity contribution is 9.10. The molecule has 2 bridgehead atoms. The van der Waals surface area contributed by atoms with Crippen LogP contribution >= 0.6 is 27.5 Å². The van der Waals surface area contributed by atoms with E-state index in [1.165, 1.54) is 37.5 Å². The average molecular weight is 366 g/mol. The second-order valence-corrected chi connectivity index (χ2v) is 7.61. The van der Waals surface area contributed by atoms with Crippen LogP contribution in [0.25, 0.3) is 10.1 Å². The fraction of sp³-hybridized carbons (Fsp3) is 0.467. The van der Waals surface area contributed by atoms with Gasteiger partial charge in [0.1, 0.15) is 5.69 Å². The number of piperidine rings is 3. The van der Waals surface area contributed by atoms with Gasteiger partial charge in [0.05, 0.1) is 4.70 Å². The molecule has 1 atom stereocenters. The molecule has 1 N–H and O–H groups in total. The van der Waals surface area contributed by atoms with Crippen LogP contribution in [-0.2, 0) is 0 Å². The number of carbonyl (C=O) groups is 1. The van der Waals surface area contributed by atoms with Crippen molar-refractivity contribution in [3.63, 3.8) is 0 Å². The molecule has 1 amide bonds. The molecule has 1 unspecified atom stereocenters. The van der Waals surface area contributed by atoms with E-state index in [0.717, 1.165) is 21.1 Å². The van der Waals surface area contributed by atoms with Gasteiger partial charge in [-0.1, -0.05) is 15.9 Å². The lowest BCUT2D eigenvalue weighted by atomic mass is 9.84. The fourth-order valence-corrected chi connectivity index (χ4v) is 4.77. The molecule has 4 heterocycles. The molecule has 0 spiro atoms. The highest BCUT2D eigenvalue weighted by Crippen LogP contribution is 2.29. The molecule has 0 aliphatic carbocycles. The fourth-order valence-electron chi connectivity index (χ4n) is 3.44. The van der Waals surface area contributed by atoms with Crippen LogP contribution in [0.15, 0.2) is 22.7 Å². The molecule has 0 saturated carbocycles. The van der Waals surface area contributed by atoms with Crippen molar-refractivity contribution in [1.29, 1.82) is 0 Å². The minimum Gasteiger partial charge on any atom is -0.346 e. The molecule has 4 nitrogen and oxygen atoms in total. The maximum atomic E-state index is 12.6. The van der Waals surface area contributed by atoms with Crippen LogP contribution in [0, 0.1) is 5.92 Å². The summed E-state index contributed by atoms with van der Waals surface area (Å²) in [5.74, 6) is 0.611. The van der Waals surface area contributed by atoms with Gasteiger partial charge in [0.25, 0.3) is 5.91 Å². The zero-order valence-electron chi connectivity index (χ0n) is 11.5. The van der Waals surface area contributed by atoms with E-state index in [4.69, 9.17) is 0 Å². The van der Waals surface area contributed by atoms with Gasteiger partial charge in [-0.15, -0.1) is 0 Å². The summed E-state index contributed by atoms with van der Waals surface area (Å²) >= 11 is 4.84. The van der Waals surface area contributed by atoms with Gasteiger partial charge >= 0.3 is 0 Å². The Labute approximate surface area is 135 Å². The summed E-state index contributed by atoms with van der Waals surface area (Å²) in [6.07, 6.45) is 2.41. The quantitative estimate of drug-likeness (QED) is 0.889. The van der Waals surface area contributed by atoms with E-state index < -0.39 is 0 Å². The van der Waals surface area contributed by atoms with Crippen LogP contribution in [0.5, 0.6) is 0 Å². The molecule has 21 heavy (non-hydrogen) atoms. The standard InChI is InChI=1S/C15H16BrN3OS/c16-10-1-2-11-13(7-10)21-18-14(11)15(20)17-12-8-19-5-3-9(12)4-6-19/h1-2,7,9,12H,3-6,8H2,(H,17,20). The summed E-state index contributed by atoms with van der Waals surface area (Å²) < 4.78 is 6.42. The van der Waals surface area contributed by atoms with Crippen LogP contribution < -0.4 is 5.32 Å². The molecular formula is C15H16BrN3OS. The number of aromatic nitrogens is 1. The van der Waals surface area contributed by atoms with Crippen LogP contribution in [-0.4, -0.2) is 40.9 Å². The van der Waals surface area contributed by atoms with Crippen molar-refractivity contribution in [1.82, 2.24) is 14.6 Å². The first-order valence-corrected chi connectivity index (χ1v) is 8.85. The molecular weight excluding hydrogens is 350 g/mol. The number of nitrogens with zero attached hydrogens (tertiary/aromatic N) is 2. The highest BCUT2D eigenvalue weighted by atomic mass is 79.9. The van der Waals surface area contributed by atoms with E-state index in [1.807, 2.05) is 18.2 Å². The summed E-state index contributed by atoms with van der Waals surface area (Å²) in [6.45, 7) is 3.36. The molecule has 0 radical (unpaired) electrons. The Bertz CT molecular complexity index is 693. The van der Waals surface area contributed by atoms with E-state index in [1.54, 1.807) is 0 Å². The van der Waals surface area contributed by atoms with Gasteiger partial charge in [0.15, 0.2) is 0 Å². The first-order valence-electron chi connectivity index (χ1n) is 7.29. The zero-order chi connectivity index (χ0) is 14.4. The molecule has 5 rings (SSSR count). The number of hydrogen-bond donors (Lipinski definition) is 1. The lowest BCUT2D eigenvalue weighted by Crippen LogP contribution is -2.57. The van der Waals surface area contributed by atoms with E-state index in [0.29, 0.717) is 11.6 Å². The van der Waals surface area contributed by atoms with Crippen molar-refractivity contribution in [2.45, 2.75) is 18.9 Å². The molecule has 110 valence electrons. The lowest BCUT2D eigenvalue weighted by molar-refractivity contribution is 0.0619. The number of fused-ring (bicyclic) bond motifs is 4. The van der Waals surface area contributed by atoms with Gasteiger partial charge in [0.2, 0.25) is 0 Å². The SMILES string of the molecule is O=C(NC1CN2CCC1CC2)c1nsc2cc(Br)ccc12. The van der Waals surface area contributed by atoms with E-state index in [2.05, 4.69) is 30.5 Å². The maximum Gasteiger partial charge on any atom is 0.271 e. The monoisotopic (exact) mass is 365 g/mol. The summed E-state index contributed by atoms with van der Waals surface area (Å²) in [5, 5.41) is 4.16. The van der Waals surface area contributed by atoms with Crippen molar-refractivity contribution >= 4 is 43.5 Å². The topological polar surface area (TPSA) is 45.2 Å². The summed E-state index contributed by atoms with van der Waals surface area (Å²) in [5.41, 5.74) is 0.568. The molecule has 1 aromatic heterocycles. The Morgan fingerprint density at radius 1 is 1.38 bits per heavy atom. The number of carbonyl (C=O) groups excluding carboxylic acids is 1. The van der Waals surface area contributed by atoms with Crippen molar-refractivity contribution in [3.05, 3.63) is 28.4 Å². The summed E-state index contributed by atoms with van der Waals surface area (Å²) in [7, 11) is 0. The molecule has 6 heteroatoms. The minimum atomic E-state index is -0.0256. The van der Waals surface area contributed by atoms with Crippen molar-refractivity contribution in [2.24, 2.45) is 5.92 Å². The number of amides is 1. The van der Waals surface area contributed by atoms with Crippen LogP contribution in [0.4, 0.5) is 0 Å². The summed E-state index contributed by atoms with van der Waals surface area (Å²) in [4.78, 5) is 15.0. The molecule has 3 aliphatic heterocycles. The largest absolute Gasteiger partial charge is 0.346 e. The highest BCUT2D eigenvalue weighted by Gasteiger charge is 2.35. The van der Waals surface area contributed by atoms with E-state index >= 15 is 0 Å². The first kappa shape index (κ1) is 13.7. The number of rotatable bonds is 2. The number of nitrogens with one attached hydrogen (secondary N) is 1. The third-order valence-corrected chi connectivity index (χ3v) is 5.92. The van der Waals surface area contributed by atoms with Crippen molar-refractivity contribution in [2.75, 3.05) is 19.6 Å². The van der Waals surface area contributed by atoms with Gasteiger partial charge < -0.3 is 10.2 Å². The molecule has 1 aromatic carbocycles. The van der Waals surface area contributed by atoms with Crippen LogP contribution in [0.2, 0.25) is 0 Å². The third-order valence-electron chi connectivity index (χ3n) is 4.62. The van der Waals surface area contributed by atoms with Crippen molar-refractivity contribution in [3.8, 4) is 0 Å². The molecule has 3 aliphatic rings. The number of benzene rings is 1. The normalized spacial score (nSPS) is 28.0. The average Bonchev–Trinajstić information content (AvgIpc) is 2.91. The Morgan fingerprint density at radius 2 is 2.19 bits per heavy atom. The maximum absolute atomic E-state index is 12.6. The Kier molecular flexibility index (Phi) is 3.47. The van der Waals surface area contributed by atoms with Gasteiger partial charge in [-0.3, -0.25) is 4.79 Å². The lowest BCUT2D eigenvalue weighted by Gasteiger charge is -2.44. The molecule has 3 fully saturated rings. The van der Waals surface area contributed by atoms with Gasteiger partial charge in [0, 0.05) is 22.4 Å².